The van der Waals surface area contributed by atoms with Gasteiger partial charge in [0.05, 0.1) is 0 Å². The van der Waals surface area contributed by atoms with Crippen LogP contribution in [0.15, 0.2) is 18.3 Å². The van der Waals surface area contributed by atoms with Crippen LogP contribution in [0.5, 0.6) is 0 Å². The van der Waals surface area contributed by atoms with Crippen molar-refractivity contribution in [3.63, 3.8) is 0 Å². The van der Waals surface area contributed by atoms with E-state index in [9.17, 15) is 0 Å². The van der Waals surface area contributed by atoms with Crippen molar-refractivity contribution in [2.24, 2.45) is 12.8 Å². The van der Waals surface area contributed by atoms with E-state index in [0.29, 0.717) is 0 Å². The molecule has 56 valence electrons. The van der Waals surface area contributed by atoms with Crippen molar-refractivity contribution in [3.8, 4) is 0 Å². The summed E-state index contributed by atoms with van der Waals surface area (Å²) >= 11 is 0. The second-order valence-corrected chi connectivity index (χ2v) is 2.79. The van der Waals surface area contributed by atoms with Crippen LogP contribution in [0.3, 0.4) is 0 Å². The maximum absolute atomic E-state index is 5.64. The van der Waals surface area contributed by atoms with Gasteiger partial charge in [0, 0.05) is 31.4 Å². The van der Waals surface area contributed by atoms with Gasteiger partial charge in [-0.1, -0.05) is 0 Å². The largest absolute Gasteiger partial charge is 0.354 e. The minimum absolute atomic E-state index is 0.258. The average molecular weight is 138 g/mol. The number of nitrogens with two attached hydrogens (primary N) is 1. The Kier molecular flexibility index (Phi) is 2.12. The van der Waals surface area contributed by atoms with Gasteiger partial charge in [-0.15, -0.1) is 0 Å². The first-order valence-electron chi connectivity index (χ1n) is 3.56. The van der Waals surface area contributed by atoms with Gasteiger partial charge in [0.15, 0.2) is 0 Å². The van der Waals surface area contributed by atoms with Crippen LogP contribution in [0.2, 0.25) is 0 Å². The third kappa shape index (κ3) is 1.61. The van der Waals surface area contributed by atoms with Gasteiger partial charge in [0.25, 0.3) is 0 Å². The molecule has 2 nitrogen and oxygen atoms in total. The van der Waals surface area contributed by atoms with E-state index >= 15 is 0 Å². The molecule has 0 bridgehead atoms. The zero-order valence-electron chi connectivity index (χ0n) is 6.54. The van der Waals surface area contributed by atoms with Crippen LogP contribution in [-0.2, 0) is 13.5 Å². The molecule has 2 heteroatoms. The molecule has 0 amide bonds. The fourth-order valence-corrected chi connectivity index (χ4v) is 1.04. The zero-order chi connectivity index (χ0) is 7.56. The van der Waals surface area contributed by atoms with E-state index in [-0.39, 0.29) is 6.04 Å². The minimum atomic E-state index is 0.258. The second kappa shape index (κ2) is 2.88. The number of hydrogen-bond donors (Lipinski definition) is 1. The molecule has 2 N–H and O–H groups in total. The van der Waals surface area contributed by atoms with E-state index in [1.165, 1.54) is 5.69 Å². The Balaban J connectivity index is 2.65. The molecule has 0 aliphatic carbocycles. The quantitative estimate of drug-likeness (QED) is 0.647. The summed E-state index contributed by atoms with van der Waals surface area (Å²) in [6.07, 6.45) is 3.00. The summed E-state index contributed by atoms with van der Waals surface area (Å²) in [4.78, 5) is 0. The number of aromatic nitrogens is 1. The maximum Gasteiger partial charge on any atom is 0.0187 e. The van der Waals surface area contributed by atoms with Crippen LogP contribution >= 0.6 is 0 Å². The lowest BCUT2D eigenvalue weighted by molar-refractivity contribution is 0.690. The Morgan fingerprint density at radius 1 is 1.70 bits per heavy atom. The molecule has 1 aromatic rings. The fourth-order valence-electron chi connectivity index (χ4n) is 1.04. The lowest BCUT2D eigenvalue weighted by Gasteiger charge is -2.05. The molecule has 1 unspecified atom stereocenters. The van der Waals surface area contributed by atoms with Gasteiger partial charge < -0.3 is 10.3 Å². The Morgan fingerprint density at radius 3 is 2.80 bits per heavy atom. The molecule has 0 aliphatic rings. The predicted octanol–water partition coefficient (Wildman–Crippen LogP) is 0.915. The van der Waals surface area contributed by atoms with Crippen LogP contribution < -0.4 is 5.73 Å². The average Bonchev–Trinajstić information content (AvgIpc) is 2.15. The van der Waals surface area contributed by atoms with Gasteiger partial charge in [-0.3, -0.25) is 0 Å². The van der Waals surface area contributed by atoms with E-state index in [1.54, 1.807) is 0 Å². The summed E-state index contributed by atoms with van der Waals surface area (Å²) in [5.74, 6) is 0. The van der Waals surface area contributed by atoms with Gasteiger partial charge in [-0.05, 0) is 19.1 Å². The molecule has 0 fully saturated rings. The smallest absolute Gasteiger partial charge is 0.0187 e. The van der Waals surface area contributed by atoms with Crippen molar-refractivity contribution >= 4 is 0 Å². The Morgan fingerprint density at radius 2 is 2.40 bits per heavy atom. The molecule has 1 atom stereocenters. The summed E-state index contributed by atoms with van der Waals surface area (Å²) < 4.78 is 2.10. The van der Waals surface area contributed by atoms with Crippen molar-refractivity contribution in [2.75, 3.05) is 0 Å². The number of hydrogen-bond acceptors (Lipinski definition) is 1. The fraction of sp³-hybridized carbons (Fsp3) is 0.500. The third-order valence-corrected chi connectivity index (χ3v) is 1.58. The minimum Gasteiger partial charge on any atom is -0.354 e. The molecule has 0 radical (unpaired) electrons. The molecular weight excluding hydrogens is 124 g/mol. The molecule has 0 aliphatic heterocycles. The standard InChI is InChI=1S/C8H14N2/c1-7(9)6-8-4-3-5-10(8)2/h3-5,7H,6,9H2,1-2H3. The molecule has 1 heterocycles. The highest BCUT2D eigenvalue weighted by Gasteiger charge is 1.99. The molecule has 0 aromatic carbocycles. The zero-order valence-corrected chi connectivity index (χ0v) is 6.54. The van der Waals surface area contributed by atoms with Gasteiger partial charge >= 0.3 is 0 Å². The van der Waals surface area contributed by atoms with E-state index in [2.05, 4.69) is 10.6 Å². The second-order valence-electron chi connectivity index (χ2n) is 2.79. The van der Waals surface area contributed by atoms with Crippen molar-refractivity contribution in [1.29, 1.82) is 0 Å². The molecule has 0 spiro atoms. The molecule has 0 saturated heterocycles. The summed E-state index contributed by atoms with van der Waals surface area (Å²) in [6.45, 7) is 2.02. The van der Waals surface area contributed by atoms with Crippen LogP contribution in [0.4, 0.5) is 0 Å². The Labute approximate surface area is 61.7 Å². The van der Waals surface area contributed by atoms with Gasteiger partial charge in [-0.2, -0.15) is 0 Å². The normalized spacial score (nSPS) is 13.5. The summed E-state index contributed by atoms with van der Waals surface area (Å²) in [7, 11) is 2.04. The third-order valence-electron chi connectivity index (χ3n) is 1.58. The lowest BCUT2D eigenvalue weighted by Crippen LogP contribution is -2.19. The topological polar surface area (TPSA) is 30.9 Å². The predicted molar refractivity (Wildman–Crippen MR) is 42.8 cm³/mol. The molecular formula is C8H14N2. The molecule has 0 saturated carbocycles. The van der Waals surface area contributed by atoms with Crippen LogP contribution in [0.25, 0.3) is 0 Å². The summed E-state index contributed by atoms with van der Waals surface area (Å²) in [6, 6.07) is 4.40. The van der Waals surface area contributed by atoms with Crippen LogP contribution in [0, 0.1) is 0 Å². The van der Waals surface area contributed by atoms with Gasteiger partial charge in [0.2, 0.25) is 0 Å². The monoisotopic (exact) mass is 138 g/mol. The van der Waals surface area contributed by atoms with Crippen molar-refractivity contribution in [2.45, 2.75) is 19.4 Å². The first-order chi connectivity index (χ1) is 4.70. The lowest BCUT2D eigenvalue weighted by atomic mass is 10.2. The van der Waals surface area contributed by atoms with E-state index < -0.39 is 0 Å². The number of aryl methyl sites for hydroxylation is 1. The van der Waals surface area contributed by atoms with Crippen molar-refractivity contribution in [1.82, 2.24) is 4.57 Å². The summed E-state index contributed by atoms with van der Waals surface area (Å²) in [5.41, 5.74) is 6.94. The van der Waals surface area contributed by atoms with Crippen molar-refractivity contribution in [3.05, 3.63) is 24.0 Å². The molecule has 1 aromatic heterocycles. The maximum atomic E-state index is 5.64. The molecule has 10 heavy (non-hydrogen) atoms. The Hall–Kier alpha value is -0.760. The number of rotatable bonds is 2. The SMILES string of the molecule is CC(N)Cc1cccn1C. The Bertz CT molecular complexity index is 201. The van der Waals surface area contributed by atoms with Gasteiger partial charge in [-0.25, -0.2) is 0 Å². The van der Waals surface area contributed by atoms with E-state index in [0.717, 1.165) is 6.42 Å². The highest BCUT2D eigenvalue weighted by Crippen LogP contribution is 2.01. The highest BCUT2D eigenvalue weighted by atomic mass is 14.9. The molecule has 1 rings (SSSR count). The van der Waals surface area contributed by atoms with Gasteiger partial charge in [0.1, 0.15) is 0 Å². The van der Waals surface area contributed by atoms with Crippen molar-refractivity contribution < 1.29 is 0 Å². The first kappa shape index (κ1) is 7.35. The van der Waals surface area contributed by atoms with E-state index in [1.807, 2.05) is 26.2 Å². The first-order valence-corrected chi connectivity index (χ1v) is 3.56. The highest BCUT2D eigenvalue weighted by molar-refractivity contribution is 5.07. The van der Waals surface area contributed by atoms with Crippen LogP contribution in [-0.4, -0.2) is 10.6 Å². The van der Waals surface area contributed by atoms with E-state index in [4.69, 9.17) is 5.73 Å². The summed E-state index contributed by atoms with van der Waals surface area (Å²) in [5, 5.41) is 0. The van der Waals surface area contributed by atoms with Crippen LogP contribution in [0.1, 0.15) is 12.6 Å². The number of nitrogens with zero attached hydrogens (tertiary/aromatic N) is 1.